The number of aromatic nitrogens is 1. The molecule has 3 rings (SSSR count). The van der Waals surface area contributed by atoms with E-state index in [0.717, 1.165) is 31.6 Å². The summed E-state index contributed by atoms with van der Waals surface area (Å²) in [5.74, 6) is 0. The van der Waals surface area contributed by atoms with Gasteiger partial charge in [-0.1, -0.05) is 18.2 Å². The fourth-order valence-corrected chi connectivity index (χ4v) is 2.73. The van der Waals surface area contributed by atoms with Gasteiger partial charge in [-0.05, 0) is 31.2 Å². The molecular weight excluding hydrogens is 222 g/mol. The third-order valence-electron chi connectivity index (χ3n) is 3.66. The Morgan fingerprint density at radius 1 is 1.33 bits per heavy atom. The molecule has 0 bridgehead atoms. The Kier molecular flexibility index (Phi) is 3.26. The van der Waals surface area contributed by atoms with Crippen LogP contribution in [0.2, 0.25) is 0 Å². The minimum absolute atomic E-state index is 0.551. The lowest BCUT2D eigenvalue weighted by Gasteiger charge is -2.31. The van der Waals surface area contributed by atoms with Crippen LogP contribution in [0.3, 0.4) is 0 Å². The summed E-state index contributed by atoms with van der Waals surface area (Å²) in [6.07, 6.45) is 3.00. The first-order valence-electron chi connectivity index (χ1n) is 6.57. The number of pyridine rings is 1. The summed E-state index contributed by atoms with van der Waals surface area (Å²) in [4.78, 5) is 6.81. The highest BCUT2D eigenvalue weighted by Gasteiger charge is 2.17. The molecule has 1 aromatic heterocycles. The number of nitrogens with one attached hydrogen (secondary N) is 1. The normalized spacial score (nSPS) is 21.3. The van der Waals surface area contributed by atoms with Crippen molar-refractivity contribution in [2.75, 3.05) is 26.7 Å². The number of para-hydroxylation sites is 1. The van der Waals surface area contributed by atoms with Crippen LogP contribution < -0.4 is 5.32 Å². The van der Waals surface area contributed by atoms with Crippen molar-refractivity contribution >= 4 is 10.9 Å². The van der Waals surface area contributed by atoms with Crippen molar-refractivity contribution in [2.24, 2.45) is 0 Å². The van der Waals surface area contributed by atoms with E-state index in [-0.39, 0.29) is 0 Å². The molecule has 0 radical (unpaired) electrons. The van der Waals surface area contributed by atoms with Crippen molar-refractivity contribution in [3.05, 3.63) is 42.1 Å². The average Bonchev–Trinajstić information content (AvgIpc) is 2.39. The summed E-state index contributed by atoms with van der Waals surface area (Å²) in [6.45, 7) is 3.36. The monoisotopic (exact) mass is 241 g/mol. The number of rotatable bonds is 2. The van der Waals surface area contributed by atoms with Gasteiger partial charge in [0.15, 0.2) is 0 Å². The molecule has 0 spiro atoms. The number of fused-ring (bicyclic) bond motifs is 1. The van der Waals surface area contributed by atoms with Gasteiger partial charge in [-0.25, -0.2) is 0 Å². The summed E-state index contributed by atoms with van der Waals surface area (Å²) >= 11 is 0. The minimum atomic E-state index is 0.551. The average molecular weight is 241 g/mol. The van der Waals surface area contributed by atoms with Crippen LogP contribution in [0.5, 0.6) is 0 Å². The maximum Gasteiger partial charge on any atom is 0.0704 e. The van der Waals surface area contributed by atoms with E-state index < -0.39 is 0 Å². The molecular formula is C15H19N3. The number of benzene rings is 1. The number of hydrogen-bond acceptors (Lipinski definition) is 3. The first kappa shape index (κ1) is 11.6. The van der Waals surface area contributed by atoms with Crippen molar-refractivity contribution in [2.45, 2.75) is 12.5 Å². The van der Waals surface area contributed by atoms with E-state index in [0.29, 0.717) is 6.04 Å². The summed E-state index contributed by atoms with van der Waals surface area (Å²) in [7, 11) is 2.19. The highest BCUT2D eigenvalue weighted by molar-refractivity contribution is 5.81. The summed E-state index contributed by atoms with van der Waals surface area (Å²) in [6, 6.07) is 11.1. The zero-order chi connectivity index (χ0) is 12.4. The van der Waals surface area contributed by atoms with E-state index in [9.17, 15) is 0 Å². The maximum absolute atomic E-state index is 4.42. The van der Waals surface area contributed by atoms with Crippen LogP contribution in [0.25, 0.3) is 10.9 Å². The van der Waals surface area contributed by atoms with Crippen molar-refractivity contribution < 1.29 is 0 Å². The smallest absolute Gasteiger partial charge is 0.0704 e. The fourth-order valence-electron chi connectivity index (χ4n) is 2.73. The van der Waals surface area contributed by atoms with Crippen LogP contribution in [-0.4, -0.2) is 42.6 Å². The van der Waals surface area contributed by atoms with Crippen molar-refractivity contribution in [1.29, 1.82) is 0 Å². The molecule has 0 amide bonds. The van der Waals surface area contributed by atoms with Crippen molar-refractivity contribution in [1.82, 2.24) is 15.2 Å². The highest BCUT2D eigenvalue weighted by atomic mass is 15.2. The van der Waals surface area contributed by atoms with Gasteiger partial charge in [0.2, 0.25) is 0 Å². The predicted octanol–water partition coefficient (Wildman–Crippen LogP) is 1.68. The second-order valence-electron chi connectivity index (χ2n) is 5.10. The molecule has 1 aliphatic heterocycles. The van der Waals surface area contributed by atoms with Gasteiger partial charge in [-0.3, -0.25) is 4.98 Å². The van der Waals surface area contributed by atoms with Crippen LogP contribution in [0.4, 0.5) is 0 Å². The molecule has 1 aliphatic rings. The molecule has 1 aromatic carbocycles. The Balaban J connectivity index is 1.86. The molecule has 1 N–H and O–H groups in total. The molecule has 3 nitrogen and oxygen atoms in total. The first-order chi connectivity index (χ1) is 8.83. The summed E-state index contributed by atoms with van der Waals surface area (Å²) in [5.41, 5.74) is 2.49. The van der Waals surface area contributed by atoms with Crippen molar-refractivity contribution in [3.63, 3.8) is 0 Å². The first-order valence-corrected chi connectivity index (χ1v) is 6.57. The molecule has 18 heavy (non-hydrogen) atoms. The molecule has 2 aromatic rings. The van der Waals surface area contributed by atoms with E-state index in [1.54, 1.807) is 0 Å². The van der Waals surface area contributed by atoms with Gasteiger partial charge in [0.1, 0.15) is 0 Å². The highest BCUT2D eigenvalue weighted by Crippen LogP contribution is 2.18. The standard InChI is InChI=1S/C15H19N3/c1-18-9-8-16-13(11-18)10-12-6-7-17-15-5-3-2-4-14(12)15/h2-7,13,16H,8-11H2,1H3. The van der Waals surface area contributed by atoms with Gasteiger partial charge in [-0.2, -0.15) is 0 Å². The molecule has 0 saturated carbocycles. The molecule has 1 atom stereocenters. The van der Waals surface area contributed by atoms with Gasteiger partial charge >= 0.3 is 0 Å². The van der Waals surface area contributed by atoms with Crippen molar-refractivity contribution in [3.8, 4) is 0 Å². The van der Waals surface area contributed by atoms with Gasteiger partial charge < -0.3 is 10.2 Å². The van der Waals surface area contributed by atoms with E-state index >= 15 is 0 Å². The van der Waals surface area contributed by atoms with Crippen LogP contribution in [-0.2, 0) is 6.42 Å². The third kappa shape index (κ3) is 2.37. The van der Waals surface area contributed by atoms with E-state index in [1.807, 2.05) is 12.3 Å². The lowest BCUT2D eigenvalue weighted by atomic mass is 10.0. The third-order valence-corrected chi connectivity index (χ3v) is 3.66. The molecule has 0 aliphatic carbocycles. The van der Waals surface area contributed by atoms with Gasteiger partial charge in [0.25, 0.3) is 0 Å². The topological polar surface area (TPSA) is 28.2 Å². The predicted molar refractivity (Wildman–Crippen MR) is 74.7 cm³/mol. The molecule has 1 saturated heterocycles. The second-order valence-corrected chi connectivity index (χ2v) is 5.10. The Bertz CT molecular complexity index is 533. The Hall–Kier alpha value is -1.45. The van der Waals surface area contributed by atoms with Crippen LogP contribution in [0.15, 0.2) is 36.5 Å². The lowest BCUT2D eigenvalue weighted by molar-refractivity contribution is 0.238. The number of nitrogens with zero attached hydrogens (tertiary/aromatic N) is 2. The van der Waals surface area contributed by atoms with Crippen LogP contribution >= 0.6 is 0 Å². The van der Waals surface area contributed by atoms with Gasteiger partial charge in [0.05, 0.1) is 5.52 Å². The molecule has 1 fully saturated rings. The van der Waals surface area contributed by atoms with E-state index in [4.69, 9.17) is 0 Å². The molecule has 2 heterocycles. The van der Waals surface area contributed by atoms with Gasteiger partial charge in [0, 0.05) is 37.3 Å². The fraction of sp³-hybridized carbons (Fsp3) is 0.400. The zero-order valence-electron chi connectivity index (χ0n) is 10.8. The summed E-state index contributed by atoms with van der Waals surface area (Å²) in [5, 5.41) is 4.89. The lowest BCUT2D eigenvalue weighted by Crippen LogP contribution is -2.49. The van der Waals surface area contributed by atoms with Gasteiger partial charge in [-0.15, -0.1) is 0 Å². The number of likely N-dealkylation sites (N-methyl/N-ethyl adjacent to an activating group) is 1. The SMILES string of the molecule is CN1CCNC(Cc2ccnc3ccccc23)C1. The number of hydrogen-bond donors (Lipinski definition) is 1. The molecule has 94 valence electrons. The molecule has 1 unspecified atom stereocenters. The largest absolute Gasteiger partial charge is 0.311 e. The van der Waals surface area contributed by atoms with Crippen LogP contribution in [0.1, 0.15) is 5.56 Å². The van der Waals surface area contributed by atoms with Crippen LogP contribution in [0, 0.1) is 0 Å². The number of piperazine rings is 1. The Labute approximate surface area is 108 Å². The molecule has 3 heteroatoms. The quantitative estimate of drug-likeness (QED) is 0.867. The summed E-state index contributed by atoms with van der Waals surface area (Å²) < 4.78 is 0. The maximum atomic E-state index is 4.42. The van der Waals surface area contributed by atoms with E-state index in [2.05, 4.69) is 46.5 Å². The van der Waals surface area contributed by atoms with E-state index in [1.165, 1.54) is 10.9 Å². The minimum Gasteiger partial charge on any atom is -0.311 e. The Morgan fingerprint density at radius 3 is 3.11 bits per heavy atom. The second kappa shape index (κ2) is 5.04. The Morgan fingerprint density at radius 2 is 2.22 bits per heavy atom. The zero-order valence-corrected chi connectivity index (χ0v) is 10.8.